The van der Waals surface area contributed by atoms with E-state index in [1.165, 1.54) is 5.69 Å². The Bertz CT molecular complexity index is 638. The van der Waals surface area contributed by atoms with Gasteiger partial charge in [0, 0.05) is 57.2 Å². The fraction of sp³-hybridized carbons (Fsp3) is 0.444. The van der Waals surface area contributed by atoms with Crippen LogP contribution in [0.2, 0.25) is 0 Å². The van der Waals surface area contributed by atoms with Gasteiger partial charge in [-0.2, -0.15) is 0 Å². The van der Waals surface area contributed by atoms with E-state index >= 15 is 0 Å². The smallest absolute Gasteiger partial charge is 0.125 e. The summed E-state index contributed by atoms with van der Waals surface area (Å²) in [5.41, 5.74) is 3.44. The van der Waals surface area contributed by atoms with Crippen molar-refractivity contribution in [1.82, 2.24) is 14.9 Å². The second-order valence-electron chi connectivity index (χ2n) is 6.06. The summed E-state index contributed by atoms with van der Waals surface area (Å²) in [6.07, 6.45) is 3.73. The van der Waals surface area contributed by atoms with Crippen molar-refractivity contribution in [3.05, 3.63) is 48.0 Å². The van der Waals surface area contributed by atoms with Crippen LogP contribution in [0.5, 0.6) is 0 Å². The Hall–Kier alpha value is -2.18. The number of rotatable bonds is 6. The summed E-state index contributed by atoms with van der Waals surface area (Å²) in [6, 6.07) is 8.41. The highest BCUT2D eigenvalue weighted by Crippen LogP contribution is 2.27. The number of β-amino-alcohol motifs (C(OH)–C–C–N with tert-alkyl or cyclic N) is 1. The van der Waals surface area contributed by atoms with Crippen LogP contribution in [0.3, 0.4) is 0 Å². The maximum Gasteiger partial charge on any atom is 0.125 e. The molecule has 0 unspecified atom stereocenters. The quantitative estimate of drug-likeness (QED) is 0.838. The van der Waals surface area contributed by atoms with Crippen molar-refractivity contribution in [2.75, 3.05) is 49.5 Å². The van der Waals surface area contributed by atoms with E-state index in [0.29, 0.717) is 6.54 Å². The Balaban J connectivity index is 1.64. The maximum absolute atomic E-state index is 9.07. The van der Waals surface area contributed by atoms with E-state index in [-0.39, 0.29) is 6.61 Å². The first-order chi connectivity index (χ1) is 11.8. The molecule has 0 spiro atoms. The predicted octanol–water partition coefficient (Wildman–Crippen LogP) is 1.51. The second kappa shape index (κ2) is 8.08. The Kier molecular flexibility index (Phi) is 5.61. The van der Waals surface area contributed by atoms with Crippen LogP contribution in [0.1, 0.15) is 11.4 Å². The molecule has 2 aromatic rings. The minimum absolute atomic E-state index is 0.233. The van der Waals surface area contributed by atoms with Gasteiger partial charge in [-0.05, 0) is 19.1 Å². The van der Waals surface area contributed by atoms with Crippen LogP contribution >= 0.6 is 0 Å². The van der Waals surface area contributed by atoms with Gasteiger partial charge in [0.05, 0.1) is 18.0 Å². The molecule has 24 heavy (non-hydrogen) atoms. The fourth-order valence-electron chi connectivity index (χ4n) is 2.96. The lowest BCUT2D eigenvalue weighted by molar-refractivity contribution is 0.189. The number of anilines is 2. The minimum Gasteiger partial charge on any atom is -0.395 e. The lowest BCUT2D eigenvalue weighted by atomic mass is 10.2. The highest BCUT2D eigenvalue weighted by molar-refractivity contribution is 5.70. The van der Waals surface area contributed by atoms with Gasteiger partial charge in [0.1, 0.15) is 5.82 Å². The van der Waals surface area contributed by atoms with E-state index < -0.39 is 0 Å². The number of aryl methyl sites for hydroxylation is 1. The monoisotopic (exact) mass is 327 g/mol. The molecule has 128 valence electrons. The molecule has 0 radical (unpaired) electrons. The Morgan fingerprint density at radius 2 is 1.79 bits per heavy atom. The summed E-state index contributed by atoms with van der Waals surface area (Å²) in [6.45, 7) is 7.53. The number of piperazine rings is 1. The van der Waals surface area contributed by atoms with Gasteiger partial charge >= 0.3 is 0 Å². The highest BCUT2D eigenvalue weighted by atomic mass is 16.3. The fourth-order valence-corrected chi connectivity index (χ4v) is 2.96. The third kappa shape index (κ3) is 4.21. The standard InChI is InChI=1S/C18H25N5O/c1-15-19-12-16(13-20-15)14-21-17-4-2-3-5-18(17)23-8-6-22(7-9-23)10-11-24/h2-5,12-13,21,24H,6-11,14H2,1H3. The van der Waals surface area contributed by atoms with Crippen LogP contribution in [-0.2, 0) is 6.54 Å². The molecule has 1 aromatic heterocycles. The molecule has 6 heteroatoms. The van der Waals surface area contributed by atoms with E-state index in [1.54, 1.807) is 0 Å². The Morgan fingerprint density at radius 3 is 2.50 bits per heavy atom. The maximum atomic E-state index is 9.07. The second-order valence-corrected chi connectivity index (χ2v) is 6.06. The third-order valence-electron chi connectivity index (χ3n) is 4.35. The number of hydrogen-bond donors (Lipinski definition) is 2. The highest BCUT2D eigenvalue weighted by Gasteiger charge is 2.18. The van der Waals surface area contributed by atoms with Crippen LogP contribution in [-0.4, -0.2) is 59.3 Å². The van der Waals surface area contributed by atoms with Crippen LogP contribution in [0.15, 0.2) is 36.7 Å². The normalized spacial score (nSPS) is 15.5. The van der Waals surface area contributed by atoms with Crippen molar-refractivity contribution in [3.63, 3.8) is 0 Å². The number of benzene rings is 1. The van der Waals surface area contributed by atoms with Crippen molar-refractivity contribution in [3.8, 4) is 0 Å². The van der Waals surface area contributed by atoms with Gasteiger partial charge in [0.15, 0.2) is 0 Å². The van der Waals surface area contributed by atoms with Gasteiger partial charge in [0.25, 0.3) is 0 Å². The van der Waals surface area contributed by atoms with Crippen LogP contribution in [0, 0.1) is 6.92 Å². The van der Waals surface area contributed by atoms with E-state index in [9.17, 15) is 0 Å². The lowest BCUT2D eigenvalue weighted by Gasteiger charge is -2.36. The molecule has 1 fully saturated rings. The summed E-state index contributed by atoms with van der Waals surface area (Å²) < 4.78 is 0. The molecular formula is C18H25N5O. The van der Waals surface area contributed by atoms with Gasteiger partial charge in [-0.3, -0.25) is 4.90 Å². The van der Waals surface area contributed by atoms with Crippen molar-refractivity contribution in [2.24, 2.45) is 0 Å². The number of aliphatic hydroxyl groups is 1. The van der Waals surface area contributed by atoms with Gasteiger partial charge in [-0.15, -0.1) is 0 Å². The zero-order valence-corrected chi connectivity index (χ0v) is 14.1. The molecular weight excluding hydrogens is 302 g/mol. The largest absolute Gasteiger partial charge is 0.395 e. The molecule has 1 saturated heterocycles. The first-order valence-corrected chi connectivity index (χ1v) is 8.45. The summed E-state index contributed by atoms with van der Waals surface area (Å²) in [5, 5.41) is 12.6. The summed E-state index contributed by atoms with van der Waals surface area (Å²) >= 11 is 0. The minimum atomic E-state index is 0.233. The SMILES string of the molecule is Cc1ncc(CNc2ccccc2N2CCN(CCO)CC2)cn1. The molecule has 0 bridgehead atoms. The first-order valence-electron chi connectivity index (χ1n) is 8.45. The number of hydrogen-bond acceptors (Lipinski definition) is 6. The number of para-hydroxylation sites is 2. The zero-order chi connectivity index (χ0) is 16.8. The number of nitrogens with zero attached hydrogens (tertiary/aromatic N) is 4. The molecule has 2 heterocycles. The lowest BCUT2D eigenvalue weighted by Crippen LogP contribution is -2.47. The van der Waals surface area contributed by atoms with Crippen LogP contribution in [0.25, 0.3) is 0 Å². The number of aliphatic hydroxyl groups excluding tert-OH is 1. The molecule has 0 amide bonds. The van der Waals surface area contributed by atoms with E-state index in [1.807, 2.05) is 19.3 Å². The van der Waals surface area contributed by atoms with Gasteiger partial charge in [-0.1, -0.05) is 12.1 Å². The predicted molar refractivity (Wildman–Crippen MR) is 96.3 cm³/mol. The molecule has 1 aliphatic heterocycles. The van der Waals surface area contributed by atoms with Crippen LogP contribution < -0.4 is 10.2 Å². The molecule has 3 rings (SSSR count). The zero-order valence-electron chi connectivity index (χ0n) is 14.1. The van der Waals surface area contributed by atoms with Gasteiger partial charge in [-0.25, -0.2) is 9.97 Å². The summed E-state index contributed by atoms with van der Waals surface area (Å²) in [4.78, 5) is 13.2. The number of nitrogens with one attached hydrogen (secondary N) is 1. The first kappa shape index (κ1) is 16.7. The molecule has 1 aliphatic rings. The van der Waals surface area contributed by atoms with Crippen LogP contribution in [0.4, 0.5) is 11.4 Å². The summed E-state index contributed by atoms with van der Waals surface area (Å²) in [5.74, 6) is 0.792. The molecule has 0 saturated carbocycles. The topological polar surface area (TPSA) is 64.5 Å². The molecule has 1 aromatic carbocycles. The Morgan fingerprint density at radius 1 is 1.08 bits per heavy atom. The molecule has 2 N–H and O–H groups in total. The van der Waals surface area contributed by atoms with Crippen molar-refractivity contribution >= 4 is 11.4 Å². The van der Waals surface area contributed by atoms with Gasteiger partial charge < -0.3 is 15.3 Å². The summed E-state index contributed by atoms with van der Waals surface area (Å²) in [7, 11) is 0. The molecule has 0 atom stereocenters. The third-order valence-corrected chi connectivity index (χ3v) is 4.35. The Labute approximate surface area is 143 Å². The average Bonchev–Trinajstić information content (AvgIpc) is 2.63. The van der Waals surface area contributed by atoms with Gasteiger partial charge in [0.2, 0.25) is 0 Å². The molecule has 0 aliphatic carbocycles. The average molecular weight is 327 g/mol. The molecule has 6 nitrogen and oxygen atoms in total. The van der Waals surface area contributed by atoms with E-state index in [4.69, 9.17) is 5.11 Å². The van der Waals surface area contributed by atoms with Crippen molar-refractivity contribution < 1.29 is 5.11 Å². The van der Waals surface area contributed by atoms with E-state index in [0.717, 1.165) is 49.8 Å². The van der Waals surface area contributed by atoms with E-state index in [2.05, 4.69) is 49.4 Å². The van der Waals surface area contributed by atoms with Crippen molar-refractivity contribution in [1.29, 1.82) is 0 Å². The van der Waals surface area contributed by atoms with Crippen molar-refractivity contribution in [2.45, 2.75) is 13.5 Å². The number of aromatic nitrogens is 2.